The van der Waals surface area contributed by atoms with Crippen molar-refractivity contribution in [3.8, 4) is 0 Å². The third kappa shape index (κ3) is 65.3. The van der Waals surface area contributed by atoms with Gasteiger partial charge in [-0.25, -0.2) is 0 Å². The molecule has 12 rings (SSSR count). The van der Waals surface area contributed by atoms with E-state index in [2.05, 4.69) is 63.8 Å². The van der Waals surface area contributed by atoms with Gasteiger partial charge in [0.25, 0.3) is 0 Å². The van der Waals surface area contributed by atoms with E-state index in [1.165, 1.54) is 47.0 Å². The Morgan fingerprint density at radius 3 is 0.642 bits per heavy atom. The van der Waals surface area contributed by atoms with E-state index in [1.807, 2.05) is 0 Å². The second-order valence-electron chi connectivity index (χ2n) is 29.9. The van der Waals surface area contributed by atoms with E-state index in [0.717, 1.165) is 24.6 Å². The molecule has 137 heavy (non-hydrogen) atoms. The number of carbonyl (C=O) groups excluding carboxylic acids is 22. The highest BCUT2D eigenvalue weighted by Gasteiger charge is 2.47. The Morgan fingerprint density at radius 1 is 0.204 bits per heavy atom. The lowest BCUT2D eigenvalue weighted by Gasteiger charge is -2.08. The molecule has 0 aromatic heterocycles. The molecule has 0 radical (unpaired) electrons. The van der Waals surface area contributed by atoms with Gasteiger partial charge in [0.2, 0.25) is 0 Å². The summed E-state index contributed by atoms with van der Waals surface area (Å²) in [4.78, 5) is 252. The first kappa shape index (κ1) is 153. The highest BCUT2D eigenvalue weighted by molar-refractivity contribution is 8.01. The third-order valence-electron chi connectivity index (χ3n) is 19.7. The van der Waals surface area contributed by atoms with Crippen molar-refractivity contribution < 1.29 is 124 Å². The van der Waals surface area contributed by atoms with Gasteiger partial charge >= 0.3 is 0 Å². The first-order valence-corrected chi connectivity index (χ1v) is 45.7. The number of fused-ring (bicyclic) bond motifs is 8. The summed E-state index contributed by atoms with van der Waals surface area (Å²) in [5, 5.41) is 34.0. The number of ketones is 22. The lowest BCUT2D eigenvalue weighted by Crippen LogP contribution is -2.35. The van der Waals surface area contributed by atoms with Crippen LogP contribution in [0.4, 0.5) is 0 Å². The summed E-state index contributed by atoms with van der Waals surface area (Å²) in [6.07, 6.45) is 5.88. The van der Waals surface area contributed by atoms with E-state index in [1.54, 1.807) is 0 Å². The number of hydrogen-bond acceptors (Lipinski definition) is 42. The minimum atomic E-state index is -1.05. The fourth-order valence-electron chi connectivity index (χ4n) is 13.1. The molecule has 42 heteroatoms. The topological polar surface area (TPSA) is 557 Å². The SMILES string of the molecule is C.C.C.C.C.C.C.C.C.C.C.C.C.C.C.O=C1CCC2C(=O)CC(SCCNC1)C2=O.O=C1CCC2C(=O)CC(SCCNC1)C2=O.O=C1CCCC(=O)C2C(=O)CC(SCCNC1)C2=O.O=C1CCCC(=O)C2C(=O)CC(SCCNC1)C2=O.O=C1CCOCC(=O)CNCNC1.O=C1CCOCC(=O)CNCNC1.O=C1CCOCC(=O)CNCNC1.O=C1CCOCC(=O)CNCNC1. The number of nitrogens with one attached hydrogen (secondary N) is 12. The lowest BCUT2D eigenvalue weighted by molar-refractivity contribution is -0.138. The lowest BCUT2D eigenvalue weighted by atomic mass is 9.96. The molecule has 0 spiro atoms. The standard InChI is InChI=1S/2C13H17NO4S.2C11H15NO3S.4C8H14N2O3.15CH4/c2*15-8-2-1-3-9(16)12-10(17)6-11(13(12)18)19-5-4-14-7-8;2*13-7-1-2-8-9(14)5-10(11(8)15)16-4-3-12-6-7;4*11-7-1-2-13-5-8(12)4-10-6-9-3-7;;;;;;;;;;;;;;;/h2*11-12,14H,1-7H2;2*8,10,12H,1-6H2;4*9-10H,1-6H2;15*1H4. The van der Waals surface area contributed by atoms with Crippen molar-refractivity contribution in [1.82, 2.24) is 63.8 Å². The summed E-state index contributed by atoms with van der Waals surface area (Å²) in [7, 11) is 0. The first-order valence-electron chi connectivity index (χ1n) is 41.5. The summed E-state index contributed by atoms with van der Waals surface area (Å²) in [6, 6.07) is 0. The zero-order valence-electron chi connectivity index (χ0n) is 69.2. The van der Waals surface area contributed by atoms with Gasteiger partial charge < -0.3 is 40.2 Å². The fraction of sp³-hybridized carbons (Fsp3) is 0.768. The van der Waals surface area contributed by atoms with Crippen molar-refractivity contribution in [3.05, 3.63) is 0 Å². The van der Waals surface area contributed by atoms with E-state index in [0.29, 0.717) is 246 Å². The molecule has 8 atom stereocenters. The maximum atomic E-state index is 12.0. The van der Waals surface area contributed by atoms with Crippen LogP contribution in [0.15, 0.2) is 0 Å². The van der Waals surface area contributed by atoms with Crippen molar-refractivity contribution in [2.45, 2.75) is 248 Å². The molecular formula is C95H180N12O26S4. The van der Waals surface area contributed by atoms with Crippen LogP contribution in [0.1, 0.15) is 227 Å². The molecule has 8 aliphatic heterocycles. The Labute approximate surface area is 836 Å². The summed E-state index contributed by atoms with van der Waals surface area (Å²) in [6.45, 7) is 10.3. The molecular weight excluding hydrogens is 1850 g/mol. The quantitative estimate of drug-likeness (QED) is 0.142. The van der Waals surface area contributed by atoms with Crippen molar-refractivity contribution in [2.75, 3.05) is 207 Å². The van der Waals surface area contributed by atoms with E-state index in [9.17, 15) is 105 Å². The second-order valence-corrected chi connectivity index (χ2v) is 35.2. The zero-order valence-corrected chi connectivity index (χ0v) is 72.5. The minimum Gasteiger partial charge on any atom is -0.373 e. The van der Waals surface area contributed by atoms with Gasteiger partial charge in [-0.2, -0.15) is 0 Å². The molecule has 12 aliphatic rings. The average Bonchev–Trinajstić information content (AvgIpc) is 1.69. The van der Waals surface area contributed by atoms with Gasteiger partial charge in [0, 0.05) is 166 Å². The van der Waals surface area contributed by atoms with Crippen LogP contribution < -0.4 is 63.8 Å². The molecule has 4 saturated carbocycles. The largest absolute Gasteiger partial charge is 0.373 e. The Balaban J connectivity index is -0.000000146. The maximum absolute atomic E-state index is 12.0. The molecule has 12 fully saturated rings. The van der Waals surface area contributed by atoms with Crippen LogP contribution in [0.3, 0.4) is 0 Å². The van der Waals surface area contributed by atoms with Crippen LogP contribution in [0.5, 0.6) is 0 Å². The number of ether oxygens (including phenoxy) is 4. The maximum Gasteiger partial charge on any atom is 0.172 e. The fourth-order valence-corrected chi connectivity index (χ4v) is 17.7. The molecule has 38 nitrogen and oxygen atoms in total. The average molecular weight is 2030 g/mol. The minimum absolute atomic E-state index is 0. The Hall–Kier alpha value is -6.50. The predicted octanol–water partition coefficient (Wildman–Crippen LogP) is 4.98. The normalized spacial score (nSPS) is 24.7. The highest BCUT2D eigenvalue weighted by atomic mass is 32.2. The van der Waals surface area contributed by atoms with Crippen LogP contribution in [-0.2, 0) is 124 Å². The number of Topliss-reactive ketones (excluding diaryl/α,β-unsaturated/α-hetero) is 22. The van der Waals surface area contributed by atoms with Gasteiger partial charge in [-0.15, -0.1) is 47.0 Å². The number of hydrogen-bond donors (Lipinski definition) is 12. The van der Waals surface area contributed by atoms with Gasteiger partial charge in [-0.1, -0.05) is 111 Å². The van der Waals surface area contributed by atoms with E-state index < -0.39 is 23.7 Å². The summed E-state index contributed by atoms with van der Waals surface area (Å²) < 4.78 is 20.0. The summed E-state index contributed by atoms with van der Waals surface area (Å²) in [5.41, 5.74) is 0. The van der Waals surface area contributed by atoms with Gasteiger partial charge in [-0.05, 0) is 25.7 Å². The number of carbonyl (C=O) groups is 22. The Kier molecular flexibility index (Phi) is 102. The smallest absolute Gasteiger partial charge is 0.172 e. The van der Waals surface area contributed by atoms with E-state index >= 15 is 0 Å². The van der Waals surface area contributed by atoms with Crippen molar-refractivity contribution in [1.29, 1.82) is 0 Å². The Bertz CT molecular complexity index is 3230. The second kappa shape index (κ2) is 90.8. The van der Waals surface area contributed by atoms with Gasteiger partial charge in [0.15, 0.2) is 69.4 Å². The highest BCUT2D eigenvalue weighted by Crippen LogP contribution is 2.34. The third-order valence-corrected chi connectivity index (χ3v) is 24.7. The molecule has 12 N–H and O–H groups in total. The molecule has 8 bridgehead atoms. The van der Waals surface area contributed by atoms with Gasteiger partial charge in [0.1, 0.15) is 96.1 Å². The molecule has 0 amide bonds. The van der Waals surface area contributed by atoms with Crippen LogP contribution in [0, 0.1) is 23.7 Å². The molecule has 0 aromatic carbocycles. The van der Waals surface area contributed by atoms with Crippen LogP contribution in [-0.4, -0.2) is 355 Å². The molecule has 8 heterocycles. The van der Waals surface area contributed by atoms with Gasteiger partial charge in [-0.3, -0.25) is 148 Å². The molecule has 8 saturated heterocycles. The number of rotatable bonds is 0. The van der Waals surface area contributed by atoms with Crippen LogP contribution in [0.25, 0.3) is 0 Å². The van der Waals surface area contributed by atoms with Crippen molar-refractivity contribution in [2.24, 2.45) is 23.7 Å². The summed E-state index contributed by atoms with van der Waals surface area (Å²) in [5.74, 6) is -0.835. The Morgan fingerprint density at radius 2 is 0.401 bits per heavy atom. The van der Waals surface area contributed by atoms with E-state index in [-0.39, 0.29) is 312 Å². The monoisotopic (exact) mass is 2030 g/mol. The number of thioether (sulfide) groups is 4. The molecule has 800 valence electrons. The van der Waals surface area contributed by atoms with Crippen LogP contribution in [0.2, 0.25) is 0 Å². The summed E-state index contributed by atoms with van der Waals surface area (Å²) >= 11 is 5.89. The van der Waals surface area contributed by atoms with Gasteiger partial charge in [0.05, 0.1) is 138 Å². The first-order chi connectivity index (χ1) is 58.7. The van der Waals surface area contributed by atoms with Crippen LogP contribution >= 0.6 is 47.0 Å². The molecule has 8 unspecified atom stereocenters. The zero-order chi connectivity index (χ0) is 88.8. The molecule has 0 aromatic rings. The van der Waals surface area contributed by atoms with Crippen molar-refractivity contribution in [3.63, 3.8) is 0 Å². The van der Waals surface area contributed by atoms with Crippen molar-refractivity contribution >= 4 is 174 Å². The predicted molar refractivity (Wildman–Crippen MR) is 551 cm³/mol. The van der Waals surface area contributed by atoms with E-state index in [4.69, 9.17) is 18.9 Å². The molecule has 4 aliphatic carbocycles.